The number of halogens is 1. The molecule has 2 saturated carbocycles. The van der Waals surface area contributed by atoms with Crippen LogP contribution in [0.5, 0.6) is 0 Å². The highest BCUT2D eigenvalue weighted by Gasteiger charge is 2.28. The minimum atomic E-state index is -0.0635. The normalized spacial score (nSPS) is 23.4. The van der Waals surface area contributed by atoms with Gasteiger partial charge in [0, 0.05) is 18.0 Å². The van der Waals surface area contributed by atoms with E-state index in [9.17, 15) is 9.59 Å². The highest BCUT2D eigenvalue weighted by atomic mass is 35.5. The van der Waals surface area contributed by atoms with Gasteiger partial charge >= 0.3 is 0 Å². The molecule has 0 bridgehead atoms. The van der Waals surface area contributed by atoms with Crippen molar-refractivity contribution >= 4 is 28.8 Å². The van der Waals surface area contributed by atoms with Crippen molar-refractivity contribution in [2.24, 2.45) is 0 Å². The van der Waals surface area contributed by atoms with E-state index in [2.05, 4.69) is 10.4 Å². The lowest BCUT2D eigenvalue weighted by Gasteiger charge is -2.29. The molecule has 132 valence electrons. The van der Waals surface area contributed by atoms with Crippen LogP contribution in [-0.4, -0.2) is 21.7 Å². The van der Waals surface area contributed by atoms with Gasteiger partial charge in [-0.1, -0.05) is 11.6 Å². The molecule has 0 aliphatic heterocycles. The van der Waals surface area contributed by atoms with Crippen LogP contribution >= 0.6 is 22.9 Å². The van der Waals surface area contributed by atoms with E-state index in [1.165, 1.54) is 24.2 Å². The van der Waals surface area contributed by atoms with E-state index < -0.39 is 0 Å². The van der Waals surface area contributed by atoms with Gasteiger partial charge < -0.3 is 5.32 Å². The molecule has 2 aromatic heterocycles. The molecule has 1 N–H and O–H groups in total. The lowest BCUT2D eigenvalue weighted by Crippen LogP contribution is -2.39. The molecule has 0 saturated heterocycles. The Bertz CT molecular complexity index is 835. The SMILES string of the molecule is O=C(NC1CCC(n2nc(C3CC3)ccc2=O)CC1)c1ccc(Cl)s1. The Balaban J connectivity index is 1.37. The van der Waals surface area contributed by atoms with Crippen LogP contribution in [0.25, 0.3) is 0 Å². The first-order valence-electron chi connectivity index (χ1n) is 8.76. The molecule has 0 spiro atoms. The largest absolute Gasteiger partial charge is 0.349 e. The summed E-state index contributed by atoms with van der Waals surface area (Å²) in [4.78, 5) is 25.1. The quantitative estimate of drug-likeness (QED) is 0.882. The first-order valence-corrected chi connectivity index (χ1v) is 9.95. The number of carbonyl (C=O) groups is 1. The number of hydrogen-bond acceptors (Lipinski definition) is 4. The van der Waals surface area contributed by atoms with Crippen LogP contribution < -0.4 is 10.9 Å². The summed E-state index contributed by atoms with van der Waals surface area (Å²) in [6.45, 7) is 0. The van der Waals surface area contributed by atoms with E-state index >= 15 is 0 Å². The number of carbonyl (C=O) groups excluding carboxylic acids is 1. The molecule has 0 aromatic carbocycles. The highest BCUT2D eigenvalue weighted by molar-refractivity contribution is 7.17. The molecule has 0 unspecified atom stereocenters. The average Bonchev–Trinajstić information content (AvgIpc) is 3.37. The number of amides is 1. The van der Waals surface area contributed by atoms with Crippen molar-refractivity contribution in [2.75, 3.05) is 0 Å². The number of thiophene rings is 1. The number of rotatable bonds is 4. The molecular formula is C18H20ClN3O2S. The Kier molecular flexibility index (Phi) is 4.65. The molecule has 25 heavy (non-hydrogen) atoms. The van der Waals surface area contributed by atoms with Crippen LogP contribution in [0.4, 0.5) is 0 Å². The third-order valence-corrected chi connectivity index (χ3v) is 6.25. The van der Waals surface area contributed by atoms with Gasteiger partial charge in [-0.25, -0.2) is 4.68 Å². The maximum absolute atomic E-state index is 12.2. The van der Waals surface area contributed by atoms with Gasteiger partial charge in [-0.2, -0.15) is 5.10 Å². The minimum Gasteiger partial charge on any atom is -0.349 e. The van der Waals surface area contributed by atoms with Gasteiger partial charge in [-0.3, -0.25) is 9.59 Å². The number of nitrogens with one attached hydrogen (secondary N) is 1. The fourth-order valence-corrected chi connectivity index (χ4v) is 4.40. The molecule has 7 heteroatoms. The van der Waals surface area contributed by atoms with Gasteiger partial charge in [-0.05, 0) is 56.7 Å². The number of nitrogens with zero attached hydrogens (tertiary/aromatic N) is 2. The zero-order valence-electron chi connectivity index (χ0n) is 13.8. The topological polar surface area (TPSA) is 64.0 Å². The summed E-state index contributed by atoms with van der Waals surface area (Å²) in [6, 6.07) is 7.29. The molecule has 1 amide bonds. The molecule has 2 fully saturated rings. The lowest BCUT2D eigenvalue weighted by atomic mass is 9.91. The van der Waals surface area contributed by atoms with Crippen molar-refractivity contribution in [1.29, 1.82) is 0 Å². The van der Waals surface area contributed by atoms with E-state index in [0.29, 0.717) is 15.1 Å². The Morgan fingerprint density at radius 1 is 1.12 bits per heavy atom. The molecule has 5 nitrogen and oxygen atoms in total. The number of hydrogen-bond donors (Lipinski definition) is 1. The van der Waals surface area contributed by atoms with Crippen LogP contribution in [0.1, 0.15) is 65.9 Å². The highest BCUT2D eigenvalue weighted by Crippen LogP contribution is 2.38. The van der Waals surface area contributed by atoms with Gasteiger partial charge in [0.05, 0.1) is 20.9 Å². The maximum Gasteiger partial charge on any atom is 0.267 e. The second-order valence-corrected chi connectivity index (χ2v) is 8.61. The van der Waals surface area contributed by atoms with Crippen LogP contribution in [0.3, 0.4) is 0 Å². The smallest absolute Gasteiger partial charge is 0.267 e. The molecule has 4 rings (SSSR count). The van der Waals surface area contributed by atoms with E-state index in [-0.39, 0.29) is 23.6 Å². The van der Waals surface area contributed by atoms with Crippen LogP contribution in [0.2, 0.25) is 4.34 Å². The second-order valence-electron chi connectivity index (χ2n) is 6.90. The fourth-order valence-electron chi connectivity index (χ4n) is 3.46. The Morgan fingerprint density at radius 2 is 1.88 bits per heavy atom. The van der Waals surface area contributed by atoms with Crippen molar-refractivity contribution in [2.45, 2.75) is 56.5 Å². The van der Waals surface area contributed by atoms with Crippen LogP contribution in [-0.2, 0) is 0 Å². The van der Waals surface area contributed by atoms with Gasteiger partial charge in [-0.15, -0.1) is 11.3 Å². The van der Waals surface area contributed by atoms with Crippen molar-refractivity contribution in [3.63, 3.8) is 0 Å². The van der Waals surface area contributed by atoms with Crippen molar-refractivity contribution < 1.29 is 4.79 Å². The zero-order chi connectivity index (χ0) is 17.4. The minimum absolute atomic E-state index is 0.0230. The van der Waals surface area contributed by atoms with Gasteiger partial charge in [0.25, 0.3) is 11.5 Å². The Morgan fingerprint density at radius 3 is 2.52 bits per heavy atom. The summed E-state index contributed by atoms with van der Waals surface area (Å²) in [5, 5.41) is 7.68. The Hall–Kier alpha value is -1.66. The number of aromatic nitrogens is 2. The third kappa shape index (κ3) is 3.80. The lowest BCUT2D eigenvalue weighted by molar-refractivity contribution is 0.0925. The summed E-state index contributed by atoms with van der Waals surface area (Å²) in [5.74, 6) is 0.478. The molecule has 2 aromatic rings. The van der Waals surface area contributed by atoms with E-state index in [0.717, 1.165) is 31.4 Å². The summed E-state index contributed by atoms with van der Waals surface area (Å²) in [7, 11) is 0. The predicted octanol–water partition coefficient (Wildman–Crippen LogP) is 3.75. The average molecular weight is 378 g/mol. The van der Waals surface area contributed by atoms with Crippen molar-refractivity contribution in [3.05, 3.63) is 49.5 Å². The fraction of sp³-hybridized carbons (Fsp3) is 0.500. The van der Waals surface area contributed by atoms with E-state index in [1.54, 1.807) is 22.9 Å². The first kappa shape index (κ1) is 16.8. The first-order chi connectivity index (χ1) is 12.1. The summed E-state index contributed by atoms with van der Waals surface area (Å²) in [5.41, 5.74) is 1.02. The predicted molar refractivity (Wildman–Crippen MR) is 98.6 cm³/mol. The molecule has 0 atom stereocenters. The standard InChI is InChI=1S/C18H20ClN3O2S/c19-16-9-8-15(25-16)18(24)20-12-3-5-13(6-4-12)22-17(23)10-7-14(21-22)11-1-2-11/h7-13H,1-6H2,(H,20,24). The second kappa shape index (κ2) is 6.92. The van der Waals surface area contributed by atoms with E-state index in [4.69, 9.17) is 11.6 Å². The molecule has 2 aliphatic carbocycles. The third-order valence-electron chi connectivity index (χ3n) is 5.02. The molecule has 2 heterocycles. The maximum atomic E-state index is 12.2. The molecule has 2 aliphatic rings. The van der Waals surface area contributed by atoms with Gasteiger partial charge in [0.2, 0.25) is 0 Å². The summed E-state index contributed by atoms with van der Waals surface area (Å²) >= 11 is 7.18. The van der Waals surface area contributed by atoms with Crippen LogP contribution in [0.15, 0.2) is 29.1 Å². The van der Waals surface area contributed by atoms with Gasteiger partial charge in [0.1, 0.15) is 0 Å². The summed E-state index contributed by atoms with van der Waals surface area (Å²) < 4.78 is 2.29. The Labute approximate surface area is 155 Å². The monoisotopic (exact) mass is 377 g/mol. The van der Waals surface area contributed by atoms with Crippen LogP contribution in [0, 0.1) is 0 Å². The van der Waals surface area contributed by atoms with Gasteiger partial charge in [0.15, 0.2) is 0 Å². The molecule has 0 radical (unpaired) electrons. The van der Waals surface area contributed by atoms with E-state index in [1.807, 2.05) is 6.07 Å². The zero-order valence-corrected chi connectivity index (χ0v) is 15.4. The van der Waals surface area contributed by atoms with Crippen molar-refractivity contribution in [1.82, 2.24) is 15.1 Å². The molecular weight excluding hydrogens is 358 g/mol. The van der Waals surface area contributed by atoms with Crippen molar-refractivity contribution in [3.8, 4) is 0 Å². The summed E-state index contributed by atoms with van der Waals surface area (Å²) in [6.07, 6.45) is 5.79.